The van der Waals surface area contributed by atoms with Crippen LogP contribution in [0, 0.1) is 5.82 Å². The van der Waals surface area contributed by atoms with E-state index in [1.807, 2.05) is 5.32 Å². The predicted molar refractivity (Wildman–Crippen MR) is 144 cm³/mol. The molecule has 4 heterocycles. The molecule has 2 aliphatic heterocycles. The summed E-state index contributed by atoms with van der Waals surface area (Å²) in [5.74, 6) is -10.9. The van der Waals surface area contributed by atoms with Gasteiger partial charge in [-0.1, -0.05) is 0 Å². The largest absolute Gasteiger partial charge is 0.485 e. The minimum Gasteiger partial charge on any atom is -0.485 e. The Hall–Kier alpha value is -3.87. The van der Waals surface area contributed by atoms with Crippen LogP contribution in [0.5, 0.6) is 5.75 Å². The second-order valence-corrected chi connectivity index (χ2v) is 14.3. The first kappa shape index (κ1) is 33.0. The zero-order valence-electron chi connectivity index (χ0n) is 23.2. The van der Waals surface area contributed by atoms with Gasteiger partial charge in [0.1, 0.15) is 40.1 Å². The number of amides is 2. The molecule has 4 rings (SSSR count). The molecule has 11 nitrogen and oxygen atoms in total. The Kier molecular flexibility index (Phi) is 8.44. The van der Waals surface area contributed by atoms with Crippen molar-refractivity contribution in [3.63, 3.8) is 0 Å². The molecule has 0 unspecified atom stereocenters. The summed E-state index contributed by atoms with van der Waals surface area (Å²) in [4.78, 5) is 36.4. The summed E-state index contributed by atoms with van der Waals surface area (Å²) < 4.78 is 115. The van der Waals surface area contributed by atoms with Gasteiger partial charge in [-0.25, -0.2) is 36.7 Å². The SMILES string of the molecule is CC1(C)C(NC(=O)O)=N[C@](C)(c2nc(NC(=O)c3ccc(OCC(F)(F)C(F)F)cn3)ccc2F)[C@H]2CC(F)(F)CN[SH]21=O. The Labute approximate surface area is 246 Å². The van der Waals surface area contributed by atoms with Crippen LogP contribution in [0.2, 0.25) is 0 Å². The van der Waals surface area contributed by atoms with Crippen molar-refractivity contribution in [2.75, 3.05) is 18.5 Å². The van der Waals surface area contributed by atoms with Gasteiger partial charge in [0.05, 0.1) is 22.7 Å². The number of nitrogens with zero attached hydrogens (tertiary/aromatic N) is 3. The Morgan fingerprint density at radius 1 is 1.18 bits per heavy atom. The number of carbonyl (C=O) groups excluding carboxylic acids is 1. The standard InChI is InChI=1S/C25H27F7N6O5S/c1-22(2)20(37-21(40)41)38-23(3,15-8-24(29,30)10-34-44(15,22)42)17-13(26)5-7-16(35-17)36-18(39)14-6-4-12(9-33-14)43-11-25(31,32)19(27)28/h4-7,9,15,19,44H,8,10-11H2,1-3H3,(H,34,42)(H,37,38)(H,40,41)(H,35,36,39)/t15-,23+/m1/s1. The predicted octanol–water partition coefficient (Wildman–Crippen LogP) is 3.75. The van der Waals surface area contributed by atoms with Gasteiger partial charge in [-0.2, -0.15) is 8.78 Å². The molecule has 0 bridgehead atoms. The molecule has 2 aromatic rings. The van der Waals surface area contributed by atoms with E-state index >= 15 is 4.39 Å². The van der Waals surface area contributed by atoms with Gasteiger partial charge < -0.3 is 15.2 Å². The Morgan fingerprint density at radius 3 is 2.45 bits per heavy atom. The van der Waals surface area contributed by atoms with Crippen molar-refractivity contribution in [3.05, 3.63) is 47.7 Å². The second kappa shape index (κ2) is 11.2. The molecular weight excluding hydrogens is 629 g/mol. The molecule has 2 aliphatic rings. The molecule has 1 fully saturated rings. The van der Waals surface area contributed by atoms with Crippen LogP contribution >= 0.6 is 0 Å². The number of aliphatic imine (C=N–C) groups is 1. The fourth-order valence-electron chi connectivity index (χ4n) is 4.95. The summed E-state index contributed by atoms with van der Waals surface area (Å²) in [6.07, 6.45) is -5.72. The molecule has 2 atom stereocenters. The fraction of sp³-hybridized carbons (Fsp3) is 0.480. The van der Waals surface area contributed by atoms with E-state index in [1.54, 1.807) is 0 Å². The van der Waals surface area contributed by atoms with Gasteiger partial charge in [-0.3, -0.25) is 24.0 Å². The highest BCUT2D eigenvalue weighted by Gasteiger charge is 2.62. The van der Waals surface area contributed by atoms with Crippen LogP contribution in [-0.2, 0) is 15.7 Å². The maximum Gasteiger partial charge on any atom is 0.410 e. The Bertz CT molecular complexity index is 1540. The first-order valence-electron chi connectivity index (χ1n) is 12.8. The van der Waals surface area contributed by atoms with E-state index in [9.17, 15) is 45.2 Å². The van der Waals surface area contributed by atoms with Gasteiger partial charge in [0, 0.05) is 6.42 Å². The quantitative estimate of drug-likeness (QED) is 0.225. The maximum absolute atomic E-state index is 15.4. The number of nitrogens with one attached hydrogen (secondary N) is 3. The number of hydrogen-bond donors (Lipinski definition) is 5. The van der Waals surface area contributed by atoms with Crippen LogP contribution < -0.4 is 20.1 Å². The van der Waals surface area contributed by atoms with Crippen molar-refractivity contribution >= 4 is 33.8 Å². The second-order valence-electron chi connectivity index (χ2n) is 10.9. The van der Waals surface area contributed by atoms with E-state index in [4.69, 9.17) is 0 Å². The molecule has 2 amide bonds. The summed E-state index contributed by atoms with van der Waals surface area (Å²) in [6.45, 7) is 1.29. The molecule has 242 valence electrons. The van der Waals surface area contributed by atoms with Gasteiger partial charge in [0.2, 0.25) is 0 Å². The van der Waals surface area contributed by atoms with Crippen LogP contribution in [-0.4, -0.2) is 78.5 Å². The van der Waals surface area contributed by atoms with Crippen molar-refractivity contribution in [1.29, 1.82) is 0 Å². The van der Waals surface area contributed by atoms with Gasteiger partial charge >= 0.3 is 18.4 Å². The number of pyridine rings is 2. The van der Waals surface area contributed by atoms with Crippen LogP contribution in [0.3, 0.4) is 0 Å². The zero-order chi connectivity index (χ0) is 32.9. The summed E-state index contributed by atoms with van der Waals surface area (Å²) in [5.41, 5.74) is -3.07. The first-order valence-corrected chi connectivity index (χ1v) is 14.6. The molecule has 0 radical (unpaired) electrons. The van der Waals surface area contributed by atoms with Crippen LogP contribution in [0.15, 0.2) is 35.5 Å². The monoisotopic (exact) mass is 656 g/mol. The number of aromatic nitrogens is 2. The van der Waals surface area contributed by atoms with Crippen molar-refractivity contribution in [3.8, 4) is 5.75 Å². The molecule has 19 heteroatoms. The highest BCUT2D eigenvalue weighted by atomic mass is 32.3. The Balaban J connectivity index is 1.67. The lowest BCUT2D eigenvalue weighted by molar-refractivity contribution is -0.148. The smallest absolute Gasteiger partial charge is 0.410 e. The number of halogens is 7. The van der Waals surface area contributed by atoms with Crippen molar-refractivity contribution in [1.82, 2.24) is 20.0 Å². The normalized spacial score (nSPS) is 24.4. The third-order valence-corrected chi connectivity index (χ3v) is 11.5. The number of alkyl halides is 6. The molecule has 0 aromatic carbocycles. The molecule has 0 aliphatic carbocycles. The van der Waals surface area contributed by atoms with E-state index in [-0.39, 0.29) is 23.1 Å². The van der Waals surface area contributed by atoms with Gasteiger partial charge in [-0.15, -0.1) is 0 Å². The average Bonchev–Trinajstić information content (AvgIpc) is 2.93. The fourth-order valence-corrected chi connectivity index (χ4v) is 8.64. The number of amidine groups is 1. The van der Waals surface area contributed by atoms with Crippen molar-refractivity contribution in [2.45, 2.75) is 61.0 Å². The minimum atomic E-state index is -4.42. The van der Waals surface area contributed by atoms with E-state index in [2.05, 4.69) is 29.7 Å². The van der Waals surface area contributed by atoms with Gasteiger partial charge in [0.25, 0.3) is 11.8 Å². The van der Waals surface area contributed by atoms with Crippen LogP contribution in [0.4, 0.5) is 41.3 Å². The molecule has 1 saturated heterocycles. The minimum absolute atomic E-state index is 0.329. The summed E-state index contributed by atoms with van der Waals surface area (Å²) >= 11 is 0. The molecule has 2 aromatic heterocycles. The molecule has 0 saturated carbocycles. The summed E-state index contributed by atoms with van der Waals surface area (Å²) in [5, 5.41) is 12.2. The van der Waals surface area contributed by atoms with Crippen molar-refractivity contribution < 1.29 is 54.4 Å². The maximum atomic E-state index is 15.4. The number of rotatable bonds is 7. The summed E-state index contributed by atoms with van der Waals surface area (Å²) in [6, 6.07) is 3.89. The highest BCUT2D eigenvalue weighted by molar-refractivity contribution is 8.04. The number of ether oxygens (including phenoxy) is 1. The third kappa shape index (κ3) is 6.06. The highest BCUT2D eigenvalue weighted by Crippen LogP contribution is 2.50. The van der Waals surface area contributed by atoms with E-state index in [0.29, 0.717) is 0 Å². The lowest BCUT2D eigenvalue weighted by atomic mass is 9.88. The summed E-state index contributed by atoms with van der Waals surface area (Å²) in [7, 11) is -4.03. The Morgan fingerprint density at radius 2 is 1.86 bits per heavy atom. The lowest BCUT2D eigenvalue weighted by Gasteiger charge is -2.57. The number of fused-ring (bicyclic) bond motifs is 1. The molecule has 44 heavy (non-hydrogen) atoms. The number of hydrogen-bond acceptors (Lipinski definition) is 7. The molecule has 4 N–H and O–H groups in total. The number of carbonyl (C=O) groups is 2. The van der Waals surface area contributed by atoms with E-state index in [1.165, 1.54) is 20.8 Å². The molecular formula is C25H27F7N6O5S. The lowest BCUT2D eigenvalue weighted by Crippen LogP contribution is -2.73. The van der Waals surface area contributed by atoms with Gasteiger partial charge in [-0.05, 0) is 55.2 Å². The number of carboxylic acid groups (broad SMARTS) is 1. The van der Waals surface area contributed by atoms with Crippen molar-refractivity contribution in [2.24, 2.45) is 4.99 Å². The average molecular weight is 657 g/mol. The van der Waals surface area contributed by atoms with E-state index in [0.717, 1.165) is 30.5 Å². The number of thiol groups is 1. The zero-order valence-corrected chi connectivity index (χ0v) is 24.1. The van der Waals surface area contributed by atoms with E-state index < -0.39 is 87.0 Å². The first-order chi connectivity index (χ1) is 20.2. The van der Waals surface area contributed by atoms with Crippen LogP contribution in [0.1, 0.15) is 43.4 Å². The van der Waals surface area contributed by atoms with Gasteiger partial charge in [0.15, 0.2) is 6.61 Å². The topological polar surface area (TPSA) is 155 Å². The third-order valence-electron chi connectivity index (χ3n) is 7.42. The molecule has 0 spiro atoms. The number of anilines is 1. The van der Waals surface area contributed by atoms with Crippen LogP contribution in [0.25, 0.3) is 0 Å².